The van der Waals surface area contributed by atoms with Crippen molar-refractivity contribution in [3.63, 3.8) is 0 Å². The summed E-state index contributed by atoms with van der Waals surface area (Å²) >= 11 is 0. The molecule has 0 spiro atoms. The summed E-state index contributed by atoms with van der Waals surface area (Å²) in [5.74, 6) is 2.33. The number of carbonyl (C=O) groups excluding carboxylic acids is 1. The molecule has 0 fully saturated rings. The lowest BCUT2D eigenvalue weighted by Crippen LogP contribution is -2.42. The molecule has 0 heterocycles. The lowest BCUT2D eigenvalue weighted by Gasteiger charge is -2.18. The van der Waals surface area contributed by atoms with Crippen molar-refractivity contribution in [1.29, 1.82) is 0 Å². The van der Waals surface area contributed by atoms with Gasteiger partial charge in [-0.2, -0.15) is 0 Å². The third-order valence-corrected chi connectivity index (χ3v) is 2.61. The van der Waals surface area contributed by atoms with Gasteiger partial charge in [0.15, 0.2) is 0 Å². The zero-order chi connectivity index (χ0) is 12.7. The number of benzene rings is 1. The molecule has 0 unspecified atom stereocenters. The number of rotatable bonds is 5. The summed E-state index contributed by atoms with van der Waals surface area (Å²) in [5.41, 5.74) is 7.03. The van der Waals surface area contributed by atoms with E-state index in [4.69, 9.17) is 12.2 Å². The van der Waals surface area contributed by atoms with Gasteiger partial charge < -0.3 is 10.6 Å². The second-order valence-corrected chi connectivity index (χ2v) is 4.03. The van der Waals surface area contributed by atoms with E-state index in [0.717, 1.165) is 6.42 Å². The van der Waals surface area contributed by atoms with E-state index < -0.39 is 6.04 Å². The molecule has 17 heavy (non-hydrogen) atoms. The molecule has 3 nitrogen and oxygen atoms in total. The molecular weight excluding hydrogens is 212 g/mol. The maximum Gasteiger partial charge on any atom is 0.240 e. The SMILES string of the molecule is C#CCN(C)C(=O)[C@@H](N)CCc1ccccc1. The molecule has 0 saturated carbocycles. The molecule has 1 amide bonds. The fraction of sp³-hybridized carbons (Fsp3) is 0.357. The van der Waals surface area contributed by atoms with Crippen LogP contribution in [0.5, 0.6) is 0 Å². The number of hydrogen-bond acceptors (Lipinski definition) is 2. The van der Waals surface area contributed by atoms with E-state index in [2.05, 4.69) is 5.92 Å². The molecular formula is C14H18N2O. The highest BCUT2D eigenvalue weighted by Crippen LogP contribution is 2.05. The van der Waals surface area contributed by atoms with Crippen LogP contribution >= 0.6 is 0 Å². The Kier molecular flexibility index (Phi) is 5.25. The van der Waals surface area contributed by atoms with Gasteiger partial charge in [0.2, 0.25) is 5.91 Å². The van der Waals surface area contributed by atoms with Crippen LogP contribution < -0.4 is 5.73 Å². The molecule has 3 heteroatoms. The van der Waals surface area contributed by atoms with Crippen LogP contribution in [0.1, 0.15) is 12.0 Å². The predicted molar refractivity (Wildman–Crippen MR) is 69.2 cm³/mol. The highest BCUT2D eigenvalue weighted by molar-refractivity contribution is 5.81. The van der Waals surface area contributed by atoms with Gasteiger partial charge in [0.05, 0.1) is 12.6 Å². The Morgan fingerprint density at radius 3 is 2.71 bits per heavy atom. The van der Waals surface area contributed by atoms with Gasteiger partial charge in [0, 0.05) is 7.05 Å². The lowest BCUT2D eigenvalue weighted by molar-refractivity contribution is -0.130. The maximum absolute atomic E-state index is 11.8. The van der Waals surface area contributed by atoms with Gasteiger partial charge in [-0.25, -0.2) is 0 Å². The minimum absolute atomic E-state index is 0.0983. The third kappa shape index (κ3) is 4.29. The highest BCUT2D eigenvalue weighted by atomic mass is 16.2. The highest BCUT2D eigenvalue weighted by Gasteiger charge is 2.16. The van der Waals surface area contributed by atoms with E-state index >= 15 is 0 Å². The molecule has 90 valence electrons. The topological polar surface area (TPSA) is 46.3 Å². The summed E-state index contributed by atoms with van der Waals surface area (Å²) in [6.45, 7) is 0.303. The Hall–Kier alpha value is -1.79. The van der Waals surface area contributed by atoms with Crippen LogP contribution in [0.4, 0.5) is 0 Å². The van der Waals surface area contributed by atoms with Crippen molar-refractivity contribution in [2.24, 2.45) is 5.73 Å². The maximum atomic E-state index is 11.8. The minimum atomic E-state index is -0.478. The molecule has 2 N–H and O–H groups in total. The van der Waals surface area contributed by atoms with Crippen molar-refractivity contribution >= 4 is 5.91 Å². The first kappa shape index (κ1) is 13.3. The van der Waals surface area contributed by atoms with E-state index in [0.29, 0.717) is 13.0 Å². The standard InChI is InChI=1S/C14H18N2O/c1-3-11-16(2)14(17)13(15)10-9-12-7-5-4-6-8-12/h1,4-8,13H,9-11,15H2,2H3/t13-/m0/s1. The number of terminal acetylenes is 1. The van der Waals surface area contributed by atoms with Gasteiger partial charge in [-0.05, 0) is 18.4 Å². The Labute approximate surface area is 103 Å². The van der Waals surface area contributed by atoms with Gasteiger partial charge in [-0.3, -0.25) is 4.79 Å². The number of carbonyl (C=O) groups is 1. The first-order valence-electron chi connectivity index (χ1n) is 5.63. The second kappa shape index (κ2) is 6.72. The number of aryl methyl sites for hydroxylation is 1. The minimum Gasteiger partial charge on any atom is -0.333 e. The van der Waals surface area contributed by atoms with Crippen LogP contribution in [0, 0.1) is 12.3 Å². The molecule has 1 atom stereocenters. The van der Waals surface area contributed by atoms with Gasteiger partial charge in [0.1, 0.15) is 0 Å². The molecule has 0 aliphatic carbocycles. The summed E-state index contributed by atoms with van der Waals surface area (Å²) in [7, 11) is 1.67. The van der Waals surface area contributed by atoms with Gasteiger partial charge >= 0.3 is 0 Å². The molecule has 0 aromatic heterocycles. The molecule has 0 bridgehead atoms. The average Bonchev–Trinajstić information content (AvgIpc) is 2.36. The van der Waals surface area contributed by atoms with Gasteiger partial charge in [-0.15, -0.1) is 6.42 Å². The number of likely N-dealkylation sites (N-methyl/N-ethyl adjacent to an activating group) is 1. The third-order valence-electron chi connectivity index (χ3n) is 2.61. The van der Waals surface area contributed by atoms with E-state index in [1.807, 2.05) is 30.3 Å². The van der Waals surface area contributed by atoms with Crippen molar-refractivity contribution in [1.82, 2.24) is 4.90 Å². The van der Waals surface area contributed by atoms with Crippen molar-refractivity contribution in [2.45, 2.75) is 18.9 Å². The fourth-order valence-corrected chi connectivity index (χ4v) is 1.59. The Morgan fingerprint density at radius 1 is 1.47 bits per heavy atom. The van der Waals surface area contributed by atoms with Crippen molar-refractivity contribution in [2.75, 3.05) is 13.6 Å². The lowest BCUT2D eigenvalue weighted by atomic mass is 10.1. The molecule has 0 aliphatic heterocycles. The zero-order valence-electron chi connectivity index (χ0n) is 10.1. The molecule has 0 saturated heterocycles. The first-order valence-corrected chi connectivity index (χ1v) is 5.63. The monoisotopic (exact) mass is 230 g/mol. The van der Waals surface area contributed by atoms with Crippen molar-refractivity contribution in [3.8, 4) is 12.3 Å². The summed E-state index contributed by atoms with van der Waals surface area (Å²) in [4.78, 5) is 13.2. The fourth-order valence-electron chi connectivity index (χ4n) is 1.59. The number of nitrogens with two attached hydrogens (primary N) is 1. The Bertz CT molecular complexity index is 394. The van der Waals surface area contributed by atoms with E-state index in [1.165, 1.54) is 10.5 Å². The van der Waals surface area contributed by atoms with Gasteiger partial charge in [-0.1, -0.05) is 36.3 Å². The normalized spacial score (nSPS) is 11.6. The largest absolute Gasteiger partial charge is 0.333 e. The second-order valence-electron chi connectivity index (χ2n) is 4.03. The zero-order valence-corrected chi connectivity index (χ0v) is 10.1. The van der Waals surface area contributed by atoms with E-state index in [-0.39, 0.29) is 5.91 Å². The van der Waals surface area contributed by atoms with Crippen molar-refractivity contribution in [3.05, 3.63) is 35.9 Å². The molecule has 1 aromatic carbocycles. The van der Waals surface area contributed by atoms with Crippen molar-refractivity contribution < 1.29 is 4.79 Å². The number of hydrogen-bond donors (Lipinski definition) is 1. The van der Waals surface area contributed by atoms with Crippen LogP contribution in [-0.2, 0) is 11.2 Å². The van der Waals surface area contributed by atoms with Crippen LogP contribution in [0.3, 0.4) is 0 Å². The number of amides is 1. The molecule has 0 radical (unpaired) electrons. The quantitative estimate of drug-likeness (QED) is 0.768. The summed E-state index contributed by atoms with van der Waals surface area (Å²) < 4.78 is 0. The van der Waals surface area contributed by atoms with Crippen LogP contribution in [0.2, 0.25) is 0 Å². The van der Waals surface area contributed by atoms with Crippen LogP contribution in [0.25, 0.3) is 0 Å². The Morgan fingerprint density at radius 2 is 2.12 bits per heavy atom. The summed E-state index contributed by atoms with van der Waals surface area (Å²) in [5, 5.41) is 0. The van der Waals surface area contributed by atoms with Crippen LogP contribution in [0.15, 0.2) is 30.3 Å². The molecule has 0 aliphatic rings. The van der Waals surface area contributed by atoms with E-state index in [1.54, 1.807) is 7.05 Å². The first-order chi connectivity index (χ1) is 8.15. The average molecular weight is 230 g/mol. The van der Waals surface area contributed by atoms with Crippen LogP contribution in [-0.4, -0.2) is 30.4 Å². The predicted octanol–water partition coefficient (Wildman–Crippen LogP) is 1.04. The summed E-state index contributed by atoms with van der Waals surface area (Å²) in [6.07, 6.45) is 6.59. The van der Waals surface area contributed by atoms with Gasteiger partial charge in [0.25, 0.3) is 0 Å². The summed E-state index contributed by atoms with van der Waals surface area (Å²) in [6, 6.07) is 9.51. The molecule has 1 aromatic rings. The smallest absolute Gasteiger partial charge is 0.240 e. The number of nitrogens with zero attached hydrogens (tertiary/aromatic N) is 1. The molecule has 1 rings (SSSR count). The Balaban J connectivity index is 2.42. The van der Waals surface area contributed by atoms with E-state index in [9.17, 15) is 4.79 Å².